The third-order valence-electron chi connectivity index (χ3n) is 4.21. The van der Waals surface area contributed by atoms with Crippen molar-refractivity contribution in [2.45, 2.75) is 31.1 Å². The summed E-state index contributed by atoms with van der Waals surface area (Å²) in [6, 6.07) is 7.25. The summed E-state index contributed by atoms with van der Waals surface area (Å²) < 4.78 is 26.7. The van der Waals surface area contributed by atoms with Crippen LogP contribution < -0.4 is 9.62 Å². The van der Waals surface area contributed by atoms with E-state index in [0.717, 1.165) is 38.4 Å². The van der Waals surface area contributed by atoms with Gasteiger partial charge in [-0.25, -0.2) is 13.1 Å². The van der Waals surface area contributed by atoms with E-state index in [2.05, 4.69) is 21.4 Å². The quantitative estimate of drug-likeness (QED) is 0.778. The Hall–Kier alpha value is -1.11. The van der Waals surface area contributed by atoms with Crippen LogP contribution in [0.25, 0.3) is 0 Å². The fourth-order valence-corrected chi connectivity index (χ4v) is 3.80. The molecule has 1 aromatic carbocycles. The van der Waals surface area contributed by atoms with Crippen LogP contribution >= 0.6 is 0 Å². The van der Waals surface area contributed by atoms with E-state index < -0.39 is 10.0 Å². The average Bonchev–Trinajstić information content (AvgIpc) is 2.56. The molecule has 1 aliphatic heterocycles. The Bertz CT molecular complexity index is 567. The number of hydrogen-bond acceptors (Lipinski definition) is 4. The van der Waals surface area contributed by atoms with Crippen LogP contribution in [-0.4, -0.2) is 53.1 Å². The highest BCUT2D eigenvalue weighted by atomic mass is 32.2. The normalized spacial score (nSPS) is 16.9. The van der Waals surface area contributed by atoms with Gasteiger partial charge in [-0.3, -0.25) is 4.90 Å². The van der Waals surface area contributed by atoms with E-state index in [1.165, 1.54) is 26.3 Å². The fourth-order valence-electron chi connectivity index (χ4n) is 2.85. The number of hydrogen-bond donors (Lipinski definition) is 1. The van der Waals surface area contributed by atoms with Gasteiger partial charge in [0.25, 0.3) is 0 Å². The van der Waals surface area contributed by atoms with Crippen molar-refractivity contribution in [1.82, 2.24) is 9.62 Å². The molecule has 0 aromatic heterocycles. The molecule has 0 radical (unpaired) electrons. The number of nitrogens with zero attached hydrogens (tertiary/aromatic N) is 2. The van der Waals surface area contributed by atoms with Crippen LogP contribution in [0.5, 0.6) is 0 Å². The van der Waals surface area contributed by atoms with E-state index in [9.17, 15) is 8.42 Å². The molecule has 1 N–H and O–H groups in total. The predicted molar refractivity (Wildman–Crippen MR) is 90.9 cm³/mol. The molecule has 1 aromatic rings. The second-order valence-electron chi connectivity index (χ2n) is 5.71. The second-order valence-corrected chi connectivity index (χ2v) is 7.57. The zero-order valence-corrected chi connectivity index (χ0v) is 14.4. The van der Waals surface area contributed by atoms with Gasteiger partial charge in [0.15, 0.2) is 0 Å². The number of sulfonamides is 1. The Morgan fingerprint density at radius 2 is 1.77 bits per heavy atom. The molecule has 0 bridgehead atoms. The topological polar surface area (TPSA) is 52.7 Å². The van der Waals surface area contributed by atoms with Crippen molar-refractivity contribution in [3.63, 3.8) is 0 Å². The molecule has 1 aliphatic rings. The van der Waals surface area contributed by atoms with E-state index in [0.29, 0.717) is 4.90 Å². The lowest BCUT2D eigenvalue weighted by Crippen LogP contribution is -2.47. The predicted octanol–water partition coefficient (Wildman–Crippen LogP) is 1.91. The van der Waals surface area contributed by atoms with Crippen LogP contribution in [0.2, 0.25) is 0 Å². The maximum absolute atomic E-state index is 12.2. The third-order valence-corrected chi connectivity index (χ3v) is 5.68. The third kappa shape index (κ3) is 4.21. The number of piperazine rings is 1. The molecule has 22 heavy (non-hydrogen) atoms. The van der Waals surface area contributed by atoms with Crippen molar-refractivity contribution < 1.29 is 8.42 Å². The zero-order chi connectivity index (χ0) is 16.0. The van der Waals surface area contributed by atoms with Crippen LogP contribution in [0.1, 0.15) is 26.2 Å². The van der Waals surface area contributed by atoms with Gasteiger partial charge in [0.05, 0.1) is 5.69 Å². The number of nitrogens with one attached hydrogen (secondary N) is 1. The van der Waals surface area contributed by atoms with Crippen molar-refractivity contribution in [2.24, 2.45) is 0 Å². The largest absolute Gasteiger partial charge is 0.368 e. The van der Waals surface area contributed by atoms with Crippen molar-refractivity contribution in [3.8, 4) is 0 Å². The van der Waals surface area contributed by atoms with Gasteiger partial charge in [0.1, 0.15) is 4.90 Å². The fraction of sp³-hybridized carbons (Fsp3) is 0.625. The second kappa shape index (κ2) is 7.94. The summed E-state index contributed by atoms with van der Waals surface area (Å²) in [5.41, 5.74) is 0.810. The minimum Gasteiger partial charge on any atom is -0.368 e. The summed E-state index contributed by atoms with van der Waals surface area (Å²) >= 11 is 0. The Kier molecular flexibility index (Phi) is 6.23. The van der Waals surface area contributed by atoms with E-state index in [-0.39, 0.29) is 0 Å². The Morgan fingerprint density at radius 1 is 1.09 bits per heavy atom. The minimum absolute atomic E-state index is 0.372. The maximum atomic E-state index is 12.2. The first-order chi connectivity index (χ1) is 10.6. The van der Waals surface area contributed by atoms with E-state index >= 15 is 0 Å². The van der Waals surface area contributed by atoms with Crippen LogP contribution in [0.4, 0.5) is 5.69 Å². The maximum Gasteiger partial charge on any atom is 0.242 e. The average molecular weight is 325 g/mol. The van der Waals surface area contributed by atoms with E-state index in [4.69, 9.17) is 0 Å². The first-order valence-electron chi connectivity index (χ1n) is 8.08. The highest BCUT2D eigenvalue weighted by Crippen LogP contribution is 2.25. The molecule has 0 amide bonds. The lowest BCUT2D eigenvalue weighted by molar-refractivity contribution is 0.252. The number of para-hydroxylation sites is 1. The summed E-state index contributed by atoms with van der Waals surface area (Å²) in [5.74, 6) is 0. The number of anilines is 1. The highest BCUT2D eigenvalue weighted by molar-refractivity contribution is 7.89. The standard InChI is InChI=1S/C16H27N3O2S/c1-3-4-7-10-18-11-13-19(14-12-18)15-8-5-6-9-16(15)22(20,21)17-2/h5-6,8-9,17H,3-4,7,10-14H2,1-2H3. The Balaban J connectivity index is 2.03. The van der Waals surface area contributed by atoms with Gasteiger partial charge < -0.3 is 4.90 Å². The minimum atomic E-state index is -3.41. The van der Waals surface area contributed by atoms with Crippen LogP contribution in [0, 0.1) is 0 Å². The van der Waals surface area contributed by atoms with Crippen LogP contribution in [0.3, 0.4) is 0 Å². The molecule has 0 spiro atoms. The lowest BCUT2D eigenvalue weighted by atomic mass is 10.2. The molecule has 1 heterocycles. The molecular weight excluding hydrogens is 298 g/mol. The number of rotatable bonds is 7. The van der Waals surface area contributed by atoms with Crippen molar-refractivity contribution in [2.75, 3.05) is 44.7 Å². The number of unbranched alkanes of at least 4 members (excludes halogenated alkanes) is 2. The van der Waals surface area contributed by atoms with Gasteiger partial charge in [0, 0.05) is 26.2 Å². The molecule has 0 saturated carbocycles. The summed E-state index contributed by atoms with van der Waals surface area (Å²) in [7, 11) is -1.96. The van der Waals surface area contributed by atoms with Crippen LogP contribution in [-0.2, 0) is 10.0 Å². The van der Waals surface area contributed by atoms with E-state index in [1.54, 1.807) is 12.1 Å². The molecule has 1 fully saturated rings. The molecule has 5 nitrogen and oxygen atoms in total. The summed E-state index contributed by atoms with van der Waals surface area (Å²) in [4.78, 5) is 5.03. The monoisotopic (exact) mass is 325 g/mol. The van der Waals surface area contributed by atoms with Crippen molar-refractivity contribution >= 4 is 15.7 Å². The van der Waals surface area contributed by atoms with Crippen LogP contribution in [0.15, 0.2) is 29.2 Å². The SMILES string of the molecule is CCCCCN1CCN(c2ccccc2S(=O)(=O)NC)CC1. The number of benzene rings is 1. The lowest BCUT2D eigenvalue weighted by Gasteiger charge is -2.36. The Labute approximate surface area is 134 Å². The Morgan fingerprint density at radius 3 is 2.41 bits per heavy atom. The van der Waals surface area contributed by atoms with Gasteiger partial charge >= 0.3 is 0 Å². The molecular formula is C16H27N3O2S. The molecule has 0 atom stereocenters. The van der Waals surface area contributed by atoms with Gasteiger partial charge in [-0.15, -0.1) is 0 Å². The van der Waals surface area contributed by atoms with Crippen molar-refractivity contribution in [3.05, 3.63) is 24.3 Å². The van der Waals surface area contributed by atoms with Crippen molar-refractivity contribution in [1.29, 1.82) is 0 Å². The van der Waals surface area contributed by atoms with Gasteiger partial charge in [-0.2, -0.15) is 0 Å². The van der Waals surface area contributed by atoms with Gasteiger partial charge in [-0.05, 0) is 32.1 Å². The van der Waals surface area contributed by atoms with E-state index in [1.807, 2.05) is 12.1 Å². The molecule has 6 heteroatoms. The van der Waals surface area contributed by atoms with Gasteiger partial charge in [0.2, 0.25) is 10.0 Å². The first-order valence-corrected chi connectivity index (χ1v) is 9.56. The molecule has 1 saturated heterocycles. The molecule has 124 valence electrons. The zero-order valence-electron chi connectivity index (χ0n) is 13.6. The first kappa shape index (κ1) is 17.2. The summed E-state index contributed by atoms with van der Waals surface area (Å²) in [5, 5.41) is 0. The summed E-state index contributed by atoms with van der Waals surface area (Å²) in [6.45, 7) is 7.12. The summed E-state index contributed by atoms with van der Waals surface area (Å²) in [6.07, 6.45) is 3.78. The van der Waals surface area contributed by atoms with Gasteiger partial charge in [-0.1, -0.05) is 31.9 Å². The highest BCUT2D eigenvalue weighted by Gasteiger charge is 2.23. The molecule has 0 aliphatic carbocycles. The molecule has 2 rings (SSSR count). The molecule has 0 unspecified atom stereocenters. The smallest absolute Gasteiger partial charge is 0.242 e.